The highest BCUT2D eigenvalue weighted by molar-refractivity contribution is 6.04. The normalized spacial score (nSPS) is 24.3. The molecule has 2 heteroatoms. The molecule has 1 atom stereocenters. The highest BCUT2D eigenvalue weighted by atomic mass is 15.0. The first-order valence-corrected chi connectivity index (χ1v) is 4.15. The summed E-state index contributed by atoms with van der Waals surface area (Å²) in [5, 5.41) is 0. The highest BCUT2D eigenvalue weighted by Gasteiger charge is 2.15. The lowest BCUT2D eigenvalue weighted by molar-refractivity contribution is 0.784. The molecule has 0 bridgehead atoms. The second kappa shape index (κ2) is 4.00. The molecule has 1 unspecified atom stereocenters. The molecular weight excluding hydrogens is 148 g/mol. The number of nitrogens with zero attached hydrogens (tertiary/aromatic N) is 2. The Morgan fingerprint density at radius 3 is 2.92 bits per heavy atom. The predicted octanol–water partition coefficient (Wildman–Crippen LogP) is 2.38. The van der Waals surface area contributed by atoms with Crippen molar-refractivity contribution >= 4 is 12.1 Å². The van der Waals surface area contributed by atoms with Crippen molar-refractivity contribution in [3.05, 3.63) is 24.3 Å². The van der Waals surface area contributed by atoms with Crippen LogP contribution in [0.5, 0.6) is 0 Å². The minimum atomic E-state index is 0.357. The van der Waals surface area contributed by atoms with Gasteiger partial charge in [-0.1, -0.05) is 12.7 Å². The Morgan fingerprint density at radius 2 is 2.42 bits per heavy atom. The third-order valence-electron chi connectivity index (χ3n) is 1.68. The van der Waals surface area contributed by atoms with Gasteiger partial charge >= 0.3 is 0 Å². The predicted molar refractivity (Wildman–Crippen MR) is 54.0 cm³/mol. The van der Waals surface area contributed by atoms with E-state index in [4.69, 9.17) is 0 Å². The van der Waals surface area contributed by atoms with Crippen molar-refractivity contribution in [3.63, 3.8) is 0 Å². The fraction of sp³-hybridized carbons (Fsp3) is 0.400. The van der Waals surface area contributed by atoms with E-state index < -0.39 is 0 Å². The lowest BCUT2D eigenvalue weighted by Gasteiger charge is -1.91. The molecule has 0 aromatic heterocycles. The number of rotatable bonds is 1. The third kappa shape index (κ3) is 2.16. The van der Waals surface area contributed by atoms with Crippen LogP contribution in [-0.2, 0) is 0 Å². The van der Waals surface area contributed by atoms with Crippen LogP contribution < -0.4 is 0 Å². The van der Waals surface area contributed by atoms with Crippen LogP contribution in [0.1, 0.15) is 20.3 Å². The summed E-state index contributed by atoms with van der Waals surface area (Å²) in [4.78, 5) is 8.51. The van der Waals surface area contributed by atoms with Crippen LogP contribution in [0.2, 0.25) is 0 Å². The maximum absolute atomic E-state index is 4.33. The molecule has 1 aliphatic rings. The summed E-state index contributed by atoms with van der Waals surface area (Å²) in [5.74, 6) is 0.806. The van der Waals surface area contributed by atoms with Crippen molar-refractivity contribution in [2.24, 2.45) is 9.98 Å². The summed E-state index contributed by atoms with van der Waals surface area (Å²) >= 11 is 0. The summed E-state index contributed by atoms with van der Waals surface area (Å²) in [6, 6.07) is 0.357. The number of aliphatic imine (C=N–C) groups is 2. The lowest BCUT2D eigenvalue weighted by atomic mass is 10.2. The minimum absolute atomic E-state index is 0.357. The summed E-state index contributed by atoms with van der Waals surface area (Å²) in [6.07, 6.45) is 6.52. The molecule has 0 fully saturated rings. The van der Waals surface area contributed by atoms with Crippen LogP contribution in [0.15, 0.2) is 34.3 Å². The Kier molecular flexibility index (Phi) is 2.97. The first kappa shape index (κ1) is 8.91. The maximum Gasteiger partial charge on any atom is 0.150 e. The molecule has 1 aliphatic heterocycles. The third-order valence-corrected chi connectivity index (χ3v) is 1.68. The van der Waals surface area contributed by atoms with Crippen molar-refractivity contribution in [2.75, 3.05) is 0 Å². The van der Waals surface area contributed by atoms with E-state index >= 15 is 0 Å². The fourth-order valence-electron chi connectivity index (χ4n) is 1.12. The Balaban J connectivity index is 2.63. The quantitative estimate of drug-likeness (QED) is 0.529. The van der Waals surface area contributed by atoms with Gasteiger partial charge in [0, 0.05) is 6.21 Å². The van der Waals surface area contributed by atoms with Gasteiger partial charge in [-0.05, 0) is 31.9 Å². The van der Waals surface area contributed by atoms with E-state index in [2.05, 4.69) is 23.5 Å². The number of hydrogen-bond acceptors (Lipinski definition) is 2. The van der Waals surface area contributed by atoms with Gasteiger partial charge in [0.05, 0.1) is 6.04 Å². The zero-order valence-electron chi connectivity index (χ0n) is 7.62. The average Bonchev–Trinajstić information content (AvgIpc) is 2.31. The first-order valence-electron chi connectivity index (χ1n) is 4.15. The lowest BCUT2D eigenvalue weighted by Crippen LogP contribution is -1.90. The second-order valence-corrected chi connectivity index (χ2v) is 2.91. The molecule has 0 saturated carbocycles. The molecule has 1 rings (SSSR count). The van der Waals surface area contributed by atoms with Crippen LogP contribution in [0, 0.1) is 0 Å². The van der Waals surface area contributed by atoms with E-state index in [1.807, 2.05) is 19.1 Å². The van der Waals surface area contributed by atoms with E-state index in [9.17, 15) is 0 Å². The molecule has 0 aliphatic carbocycles. The van der Waals surface area contributed by atoms with E-state index in [1.54, 1.807) is 6.21 Å². The highest BCUT2D eigenvalue weighted by Crippen LogP contribution is 2.17. The van der Waals surface area contributed by atoms with Crippen LogP contribution >= 0.6 is 0 Å². The molecule has 2 nitrogen and oxygen atoms in total. The van der Waals surface area contributed by atoms with Crippen molar-refractivity contribution in [3.8, 4) is 0 Å². The van der Waals surface area contributed by atoms with Crippen LogP contribution in [0.25, 0.3) is 0 Å². The van der Waals surface area contributed by atoms with Crippen molar-refractivity contribution in [1.29, 1.82) is 0 Å². The van der Waals surface area contributed by atoms with Crippen molar-refractivity contribution in [1.82, 2.24) is 0 Å². The summed E-state index contributed by atoms with van der Waals surface area (Å²) in [6.45, 7) is 7.93. The molecule has 0 N–H and O–H groups in total. The van der Waals surface area contributed by atoms with E-state index in [0.29, 0.717) is 6.04 Å². The second-order valence-electron chi connectivity index (χ2n) is 2.91. The van der Waals surface area contributed by atoms with Crippen LogP contribution in [0.4, 0.5) is 0 Å². The number of allylic oxidation sites excluding steroid dienone is 2. The van der Waals surface area contributed by atoms with Gasteiger partial charge in [0.25, 0.3) is 0 Å². The molecule has 0 spiro atoms. The molecule has 0 radical (unpaired) electrons. The largest absolute Gasteiger partial charge is 0.263 e. The number of amidine groups is 1. The van der Waals surface area contributed by atoms with Crippen LogP contribution in [0.3, 0.4) is 0 Å². The number of hydrogen-bond donors (Lipinski definition) is 0. The SMILES string of the molecule is C=C1CC(C)N=C1/N=C\C=C/C. The Labute approximate surface area is 73.4 Å². The Hall–Kier alpha value is -1.18. The molecule has 12 heavy (non-hydrogen) atoms. The van der Waals surface area contributed by atoms with E-state index in [-0.39, 0.29) is 0 Å². The van der Waals surface area contributed by atoms with E-state index in [0.717, 1.165) is 17.8 Å². The van der Waals surface area contributed by atoms with Gasteiger partial charge in [-0.2, -0.15) is 0 Å². The molecule has 0 aromatic rings. The molecule has 0 amide bonds. The van der Waals surface area contributed by atoms with Gasteiger partial charge in [-0.25, -0.2) is 4.99 Å². The van der Waals surface area contributed by atoms with Gasteiger partial charge in [-0.3, -0.25) is 4.99 Å². The van der Waals surface area contributed by atoms with Crippen LogP contribution in [-0.4, -0.2) is 18.1 Å². The van der Waals surface area contributed by atoms with Gasteiger partial charge in [0.1, 0.15) is 5.84 Å². The standard InChI is InChI=1S/C10H14N2/c1-4-5-6-11-10-8(2)7-9(3)12-10/h4-6,9H,2,7H2,1,3H3/b5-4-,11-6-. The topological polar surface area (TPSA) is 24.7 Å². The molecule has 0 saturated heterocycles. The summed E-state index contributed by atoms with van der Waals surface area (Å²) in [7, 11) is 0. The molecule has 64 valence electrons. The maximum atomic E-state index is 4.33. The summed E-state index contributed by atoms with van der Waals surface area (Å²) < 4.78 is 0. The molecule has 0 aromatic carbocycles. The molecular formula is C10H14N2. The van der Waals surface area contributed by atoms with E-state index in [1.165, 1.54) is 0 Å². The Morgan fingerprint density at radius 1 is 1.67 bits per heavy atom. The average molecular weight is 162 g/mol. The van der Waals surface area contributed by atoms with Crippen molar-refractivity contribution < 1.29 is 0 Å². The first-order chi connectivity index (χ1) is 5.74. The monoisotopic (exact) mass is 162 g/mol. The Bertz CT molecular complexity index is 259. The zero-order chi connectivity index (χ0) is 8.97. The fourth-order valence-corrected chi connectivity index (χ4v) is 1.12. The minimum Gasteiger partial charge on any atom is -0.263 e. The van der Waals surface area contributed by atoms with Gasteiger partial charge in [0.15, 0.2) is 0 Å². The van der Waals surface area contributed by atoms with Gasteiger partial charge < -0.3 is 0 Å². The van der Waals surface area contributed by atoms with Crippen molar-refractivity contribution in [2.45, 2.75) is 26.3 Å². The van der Waals surface area contributed by atoms with Gasteiger partial charge in [-0.15, -0.1) is 0 Å². The zero-order valence-corrected chi connectivity index (χ0v) is 7.62. The smallest absolute Gasteiger partial charge is 0.150 e. The van der Waals surface area contributed by atoms with Gasteiger partial charge in [0.2, 0.25) is 0 Å². The molecule has 1 heterocycles. The summed E-state index contributed by atoms with van der Waals surface area (Å²) in [5.41, 5.74) is 1.04.